The SMILES string of the molecule is COc1ccc(C(OC[C@]2(CO[Si](c3ccccc3)(c3ccccc3)C(C)(C)C)O[C@@H](n3ccc(=O)[nH]c3=O)[C@H](F)C2O[Si](C)(C)C(C)(C)C)(c2ccccc2)c2ccc(OC)cc2)cc1. The first-order chi connectivity index (χ1) is 31.3. The Hall–Kier alpha value is -5.42. The van der Waals surface area contributed by atoms with Gasteiger partial charge in [-0.2, -0.15) is 0 Å². The Kier molecular flexibility index (Phi) is 14.0. The van der Waals surface area contributed by atoms with Gasteiger partial charge in [-0.3, -0.25) is 14.3 Å². The van der Waals surface area contributed by atoms with Crippen LogP contribution in [-0.4, -0.2) is 71.5 Å². The number of rotatable bonds is 16. The van der Waals surface area contributed by atoms with Crippen molar-refractivity contribution >= 4 is 27.0 Å². The first kappa shape index (κ1) is 48.5. The lowest BCUT2D eigenvalue weighted by atomic mass is 9.79. The van der Waals surface area contributed by atoms with Crippen LogP contribution in [0.5, 0.6) is 11.5 Å². The zero-order chi connectivity index (χ0) is 47.5. The van der Waals surface area contributed by atoms with Gasteiger partial charge in [0.05, 0.1) is 27.4 Å². The van der Waals surface area contributed by atoms with Gasteiger partial charge in [-0.15, -0.1) is 0 Å². The van der Waals surface area contributed by atoms with Gasteiger partial charge in [0.2, 0.25) is 0 Å². The molecule has 1 aliphatic rings. The van der Waals surface area contributed by atoms with Crippen molar-refractivity contribution in [3.63, 3.8) is 0 Å². The number of alkyl halides is 1. The van der Waals surface area contributed by atoms with E-state index < -0.39 is 62.6 Å². The molecule has 0 spiro atoms. The van der Waals surface area contributed by atoms with Crippen LogP contribution in [0, 0.1) is 0 Å². The number of hydrogen-bond donors (Lipinski definition) is 1. The topological polar surface area (TPSA) is 110 Å². The minimum atomic E-state index is -3.36. The van der Waals surface area contributed by atoms with Crippen molar-refractivity contribution in [3.05, 3.63) is 189 Å². The van der Waals surface area contributed by atoms with Crippen LogP contribution in [0.3, 0.4) is 0 Å². The van der Waals surface area contributed by atoms with E-state index >= 15 is 4.39 Å². The molecule has 5 aromatic carbocycles. The van der Waals surface area contributed by atoms with E-state index in [9.17, 15) is 9.59 Å². The molecule has 0 amide bonds. The number of benzene rings is 5. The predicted octanol–water partition coefficient (Wildman–Crippen LogP) is 9.14. The Labute approximate surface area is 389 Å². The monoisotopic (exact) mass is 930 g/mol. The number of aromatic nitrogens is 2. The van der Waals surface area contributed by atoms with Crippen LogP contribution >= 0.6 is 0 Å². The summed E-state index contributed by atoms with van der Waals surface area (Å²) in [6, 6.07) is 46.8. The fraction of sp³-hybridized carbons (Fsp3) is 0.358. The molecule has 0 saturated carbocycles. The minimum absolute atomic E-state index is 0.204. The molecule has 7 rings (SSSR count). The third-order valence-corrected chi connectivity index (χ3v) is 22.9. The minimum Gasteiger partial charge on any atom is -0.497 e. The van der Waals surface area contributed by atoms with E-state index in [0.29, 0.717) is 11.5 Å². The highest BCUT2D eigenvalue weighted by Gasteiger charge is 2.63. The first-order valence-corrected chi connectivity index (χ1v) is 27.2. The summed E-state index contributed by atoms with van der Waals surface area (Å²) in [6.45, 7) is 16.5. The molecule has 1 N–H and O–H groups in total. The second-order valence-corrected chi connectivity index (χ2v) is 28.6. The van der Waals surface area contributed by atoms with Gasteiger partial charge in [-0.1, -0.05) is 157 Å². The highest BCUT2D eigenvalue weighted by Crippen LogP contribution is 2.50. The summed E-state index contributed by atoms with van der Waals surface area (Å²) in [7, 11) is -3.00. The Morgan fingerprint density at radius 1 is 0.652 bits per heavy atom. The lowest BCUT2D eigenvalue weighted by Crippen LogP contribution is -2.69. The molecular formula is C53H63FN2O8Si2. The number of ether oxygens (including phenoxy) is 4. The lowest BCUT2D eigenvalue weighted by molar-refractivity contribution is -0.173. The van der Waals surface area contributed by atoms with E-state index in [4.69, 9.17) is 27.8 Å². The molecule has 10 nitrogen and oxygen atoms in total. The van der Waals surface area contributed by atoms with Crippen LogP contribution in [0.25, 0.3) is 0 Å². The summed E-state index contributed by atoms with van der Waals surface area (Å²) >= 11 is 0. The zero-order valence-corrected chi connectivity index (χ0v) is 41.7. The molecule has 66 heavy (non-hydrogen) atoms. The van der Waals surface area contributed by atoms with Crippen LogP contribution in [-0.2, 0) is 23.9 Å². The van der Waals surface area contributed by atoms with E-state index in [1.807, 2.05) is 115 Å². The number of nitrogens with zero attached hydrogens (tertiary/aromatic N) is 1. The number of aromatic amines is 1. The highest BCUT2D eigenvalue weighted by atomic mass is 28.4. The molecule has 1 aliphatic heterocycles. The number of halogens is 1. The molecule has 1 unspecified atom stereocenters. The number of H-pyrrole nitrogens is 1. The van der Waals surface area contributed by atoms with E-state index in [-0.39, 0.29) is 18.3 Å². The van der Waals surface area contributed by atoms with Gasteiger partial charge in [0.15, 0.2) is 20.7 Å². The van der Waals surface area contributed by atoms with Crippen molar-refractivity contribution in [1.82, 2.24) is 9.55 Å². The quantitative estimate of drug-likeness (QED) is 0.0757. The molecule has 4 atom stereocenters. The van der Waals surface area contributed by atoms with Gasteiger partial charge in [0.25, 0.3) is 13.9 Å². The summed E-state index contributed by atoms with van der Waals surface area (Å²) in [6.07, 6.45) is -3.53. The van der Waals surface area contributed by atoms with Crippen molar-refractivity contribution in [2.75, 3.05) is 27.4 Å². The zero-order valence-electron chi connectivity index (χ0n) is 39.7. The average Bonchev–Trinajstić information content (AvgIpc) is 3.56. The molecule has 348 valence electrons. The molecule has 0 radical (unpaired) electrons. The van der Waals surface area contributed by atoms with Gasteiger partial charge in [-0.25, -0.2) is 9.18 Å². The van der Waals surface area contributed by atoms with Gasteiger partial charge >= 0.3 is 5.69 Å². The van der Waals surface area contributed by atoms with Gasteiger partial charge < -0.3 is 27.8 Å². The predicted molar refractivity (Wildman–Crippen MR) is 263 cm³/mol. The molecule has 0 aliphatic carbocycles. The van der Waals surface area contributed by atoms with Gasteiger partial charge in [0.1, 0.15) is 28.8 Å². The Morgan fingerprint density at radius 3 is 1.56 bits per heavy atom. The molecule has 0 bridgehead atoms. The van der Waals surface area contributed by atoms with Crippen molar-refractivity contribution in [2.45, 2.75) is 94.4 Å². The first-order valence-electron chi connectivity index (χ1n) is 22.4. The number of methoxy groups -OCH3 is 2. The van der Waals surface area contributed by atoms with E-state index in [1.54, 1.807) is 14.2 Å². The van der Waals surface area contributed by atoms with E-state index in [0.717, 1.165) is 31.6 Å². The molecule has 1 fully saturated rings. The van der Waals surface area contributed by atoms with Crippen LogP contribution in [0.15, 0.2) is 161 Å². The molecule has 13 heteroatoms. The normalized spacial score (nSPS) is 19.4. The van der Waals surface area contributed by atoms with Crippen LogP contribution in [0.2, 0.25) is 23.2 Å². The van der Waals surface area contributed by atoms with Gasteiger partial charge in [0, 0.05) is 12.3 Å². The third kappa shape index (κ3) is 9.17. The summed E-state index contributed by atoms with van der Waals surface area (Å²) in [4.78, 5) is 28.4. The van der Waals surface area contributed by atoms with Crippen molar-refractivity contribution in [2.24, 2.45) is 0 Å². The maximum absolute atomic E-state index is 18.3. The second kappa shape index (κ2) is 19.1. The maximum atomic E-state index is 18.3. The lowest BCUT2D eigenvalue weighted by Gasteiger charge is -2.48. The molecular weight excluding hydrogens is 868 g/mol. The Bertz CT molecular complexity index is 2560. The second-order valence-electron chi connectivity index (χ2n) is 19.6. The van der Waals surface area contributed by atoms with Crippen molar-refractivity contribution < 1.29 is 32.2 Å². The van der Waals surface area contributed by atoms with Crippen molar-refractivity contribution in [3.8, 4) is 11.5 Å². The fourth-order valence-corrected chi connectivity index (χ4v) is 14.8. The highest BCUT2D eigenvalue weighted by molar-refractivity contribution is 6.99. The largest absolute Gasteiger partial charge is 0.497 e. The summed E-state index contributed by atoms with van der Waals surface area (Å²) in [5.41, 5.74) is -2.22. The molecule has 1 saturated heterocycles. The Morgan fingerprint density at radius 2 is 1.12 bits per heavy atom. The average molecular weight is 931 g/mol. The number of nitrogens with one attached hydrogen (secondary N) is 1. The Balaban J connectivity index is 1.51. The molecule has 6 aromatic rings. The fourth-order valence-electron chi connectivity index (χ4n) is 8.89. The van der Waals surface area contributed by atoms with E-state index in [1.165, 1.54) is 12.3 Å². The van der Waals surface area contributed by atoms with Crippen LogP contribution in [0.4, 0.5) is 4.39 Å². The number of hydrogen-bond acceptors (Lipinski definition) is 8. The third-order valence-electron chi connectivity index (χ3n) is 13.4. The standard InChI is InChI=1S/C53H63FN2O8Si2/c1-50(2,3)65(9,10)64-47-46(54)48(56-35-34-45(57)55-49(56)58)63-52(47,37-62-66(51(4,5)6,43-22-16-12-17-23-43)44-24-18-13-19-25-44)36-61-53(38-20-14-11-15-21-38,39-26-30-41(59-7)31-27-39)40-28-32-42(60-8)33-29-40/h11-35,46-48H,36-37H2,1-10H3,(H,55,57,58)/t46-,47?,48-,52-/m1/s1. The van der Waals surface area contributed by atoms with Gasteiger partial charge in [-0.05, 0) is 74.5 Å². The molecule has 2 heterocycles. The van der Waals surface area contributed by atoms with Crippen LogP contribution < -0.4 is 31.1 Å². The maximum Gasteiger partial charge on any atom is 0.330 e. The van der Waals surface area contributed by atoms with Crippen LogP contribution in [0.1, 0.15) is 64.5 Å². The summed E-state index contributed by atoms with van der Waals surface area (Å²) in [5, 5.41) is 1.18. The molecule has 1 aromatic heterocycles. The van der Waals surface area contributed by atoms with Crippen molar-refractivity contribution in [1.29, 1.82) is 0 Å². The smallest absolute Gasteiger partial charge is 0.330 e. The van der Waals surface area contributed by atoms with E-state index in [2.05, 4.69) is 83.9 Å². The summed E-state index contributed by atoms with van der Waals surface area (Å²) < 4.78 is 60.5. The summed E-state index contributed by atoms with van der Waals surface area (Å²) in [5.74, 6) is 1.31.